The summed E-state index contributed by atoms with van der Waals surface area (Å²) in [5, 5.41) is 5.87. The Morgan fingerprint density at radius 3 is 2.71 bits per heavy atom. The van der Waals surface area contributed by atoms with Crippen molar-refractivity contribution in [2.45, 2.75) is 6.54 Å². The van der Waals surface area contributed by atoms with Gasteiger partial charge in [-0.15, -0.1) is 0 Å². The molecule has 2 rings (SSSR count). The number of benzene rings is 1. The maximum Gasteiger partial charge on any atom is 0.329 e. The Kier molecular flexibility index (Phi) is 4.81. The molecule has 0 aliphatic heterocycles. The summed E-state index contributed by atoms with van der Waals surface area (Å²) < 4.78 is 18.3. The number of hydrazone groups is 1. The molecule has 0 saturated carbocycles. The number of hydrogen-bond acceptors (Lipinski definition) is 4. The van der Waals surface area contributed by atoms with Gasteiger partial charge in [0.15, 0.2) is 0 Å². The van der Waals surface area contributed by atoms with Crippen molar-refractivity contribution < 1.29 is 18.4 Å². The summed E-state index contributed by atoms with van der Waals surface area (Å²) in [5.74, 6) is -1.77. The van der Waals surface area contributed by atoms with Crippen molar-refractivity contribution in [3.8, 4) is 0 Å². The Bertz CT molecular complexity index is 653. The zero-order valence-electron chi connectivity index (χ0n) is 10.9. The molecule has 6 nitrogen and oxygen atoms in total. The quantitative estimate of drug-likeness (QED) is 0.503. The molecular weight excluding hydrogens is 277 g/mol. The van der Waals surface area contributed by atoms with E-state index in [0.717, 1.165) is 6.21 Å². The summed E-state index contributed by atoms with van der Waals surface area (Å²) in [7, 11) is 0. The fraction of sp³-hybridized carbons (Fsp3) is 0.0714. The number of amides is 2. The number of carbonyl (C=O) groups is 2. The minimum atomic E-state index is -0.950. The summed E-state index contributed by atoms with van der Waals surface area (Å²) in [4.78, 5) is 22.9. The Balaban J connectivity index is 1.81. The molecule has 2 aromatic rings. The first-order valence-corrected chi connectivity index (χ1v) is 6.05. The number of furan rings is 1. The van der Waals surface area contributed by atoms with Crippen molar-refractivity contribution in [1.29, 1.82) is 0 Å². The largest absolute Gasteiger partial charge is 0.467 e. The van der Waals surface area contributed by atoms with Crippen LogP contribution in [0.25, 0.3) is 0 Å². The maximum atomic E-state index is 13.3. The molecule has 108 valence electrons. The highest BCUT2D eigenvalue weighted by molar-refractivity contribution is 6.35. The second-order valence-corrected chi connectivity index (χ2v) is 3.98. The van der Waals surface area contributed by atoms with Crippen molar-refractivity contribution in [1.82, 2.24) is 10.7 Å². The normalized spacial score (nSPS) is 10.5. The van der Waals surface area contributed by atoms with Gasteiger partial charge in [-0.2, -0.15) is 5.10 Å². The van der Waals surface area contributed by atoms with Crippen LogP contribution in [0, 0.1) is 5.82 Å². The smallest absolute Gasteiger partial charge is 0.329 e. The van der Waals surface area contributed by atoms with Gasteiger partial charge in [-0.3, -0.25) is 9.59 Å². The van der Waals surface area contributed by atoms with E-state index >= 15 is 0 Å². The molecule has 0 aliphatic carbocycles. The molecule has 2 N–H and O–H groups in total. The van der Waals surface area contributed by atoms with Gasteiger partial charge in [0.25, 0.3) is 0 Å². The molecule has 0 atom stereocenters. The molecule has 1 aromatic heterocycles. The van der Waals surface area contributed by atoms with Crippen LogP contribution in [-0.4, -0.2) is 18.0 Å². The molecule has 0 bridgehead atoms. The second-order valence-electron chi connectivity index (χ2n) is 3.98. The molecule has 21 heavy (non-hydrogen) atoms. The van der Waals surface area contributed by atoms with Gasteiger partial charge >= 0.3 is 11.8 Å². The molecule has 2 amide bonds. The first-order chi connectivity index (χ1) is 10.2. The first-order valence-electron chi connectivity index (χ1n) is 6.05. The topological polar surface area (TPSA) is 83.7 Å². The van der Waals surface area contributed by atoms with Crippen LogP contribution >= 0.6 is 0 Å². The maximum absolute atomic E-state index is 13.3. The SMILES string of the molecule is O=C(NCc1ccco1)C(=O)NN=Cc1ccccc1F. The van der Waals surface area contributed by atoms with Crippen LogP contribution in [0.1, 0.15) is 11.3 Å². The van der Waals surface area contributed by atoms with Crippen LogP contribution in [0.3, 0.4) is 0 Å². The average Bonchev–Trinajstić information content (AvgIpc) is 3.00. The van der Waals surface area contributed by atoms with Crippen LogP contribution in [0.15, 0.2) is 52.2 Å². The zero-order chi connectivity index (χ0) is 15.1. The third kappa shape index (κ3) is 4.27. The van der Waals surface area contributed by atoms with E-state index in [0.29, 0.717) is 5.76 Å². The third-order valence-corrected chi connectivity index (χ3v) is 2.48. The molecule has 0 radical (unpaired) electrons. The molecule has 0 fully saturated rings. The van der Waals surface area contributed by atoms with Crippen LogP contribution in [0.2, 0.25) is 0 Å². The standard InChI is InChI=1S/C14H12FN3O3/c15-12-6-2-1-4-10(12)8-17-18-14(20)13(19)16-9-11-5-3-7-21-11/h1-8H,9H2,(H,16,19)(H,18,20). The van der Waals surface area contributed by atoms with Crippen LogP contribution in [0.4, 0.5) is 4.39 Å². The van der Waals surface area contributed by atoms with E-state index < -0.39 is 17.6 Å². The molecule has 0 aliphatic rings. The molecule has 1 heterocycles. The van der Waals surface area contributed by atoms with Crippen LogP contribution in [0.5, 0.6) is 0 Å². The summed E-state index contributed by atoms with van der Waals surface area (Å²) in [5.41, 5.74) is 2.21. The van der Waals surface area contributed by atoms with Gasteiger partial charge in [-0.1, -0.05) is 18.2 Å². The Labute approximate surface area is 119 Å². The summed E-state index contributed by atoms with van der Waals surface area (Å²) in [6.45, 7) is 0.0935. The van der Waals surface area contributed by atoms with Gasteiger partial charge in [-0.05, 0) is 18.2 Å². The third-order valence-electron chi connectivity index (χ3n) is 2.48. The number of halogens is 1. The minimum absolute atomic E-state index is 0.0935. The van der Waals surface area contributed by atoms with Crippen molar-refractivity contribution >= 4 is 18.0 Å². The average molecular weight is 289 g/mol. The van der Waals surface area contributed by atoms with E-state index in [2.05, 4.69) is 10.4 Å². The highest BCUT2D eigenvalue weighted by atomic mass is 19.1. The number of rotatable bonds is 4. The van der Waals surface area contributed by atoms with E-state index in [4.69, 9.17) is 4.42 Å². The molecule has 0 unspecified atom stereocenters. The fourth-order valence-electron chi connectivity index (χ4n) is 1.45. The molecule has 1 aromatic carbocycles. The summed E-state index contributed by atoms with van der Waals surface area (Å²) in [6, 6.07) is 9.24. The second kappa shape index (κ2) is 6.99. The van der Waals surface area contributed by atoms with Crippen molar-refractivity contribution in [2.24, 2.45) is 5.10 Å². The van der Waals surface area contributed by atoms with Gasteiger partial charge < -0.3 is 9.73 Å². The van der Waals surface area contributed by atoms with E-state index in [1.165, 1.54) is 24.5 Å². The monoisotopic (exact) mass is 289 g/mol. The van der Waals surface area contributed by atoms with E-state index in [-0.39, 0.29) is 12.1 Å². The van der Waals surface area contributed by atoms with Crippen LogP contribution < -0.4 is 10.7 Å². The molecule has 0 saturated heterocycles. The van der Waals surface area contributed by atoms with Gasteiger partial charge in [0.05, 0.1) is 19.0 Å². The van der Waals surface area contributed by atoms with Crippen LogP contribution in [-0.2, 0) is 16.1 Å². The molecular formula is C14H12FN3O3. The van der Waals surface area contributed by atoms with E-state index in [9.17, 15) is 14.0 Å². The van der Waals surface area contributed by atoms with E-state index in [1.807, 2.05) is 5.43 Å². The number of carbonyl (C=O) groups excluding carboxylic acids is 2. The van der Waals surface area contributed by atoms with Crippen molar-refractivity contribution in [2.75, 3.05) is 0 Å². The fourth-order valence-corrected chi connectivity index (χ4v) is 1.45. The first kappa shape index (κ1) is 14.4. The van der Waals surface area contributed by atoms with Gasteiger partial charge in [-0.25, -0.2) is 9.82 Å². The number of nitrogens with zero attached hydrogens (tertiary/aromatic N) is 1. The van der Waals surface area contributed by atoms with Gasteiger partial charge in [0.1, 0.15) is 11.6 Å². The predicted molar refractivity (Wildman–Crippen MR) is 72.7 cm³/mol. The minimum Gasteiger partial charge on any atom is -0.467 e. The van der Waals surface area contributed by atoms with Gasteiger partial charge in [0.2, 0.25) is 0 Å². The lowest BCUT2D eigenvalue weighted by Gasteiger charge is -2.01. The number of nitrogens with one attached hydrogen (secondary N) is 2. The lowest BCUT2D eigenvalue weighted by molar-refractivity contribution is -0.139. The van der Waals surface area contributed by atoms with Gasteiger partial charge in [0, 0.05) is 5.56 Å². The molecule has 0 spiro atoms. The summed E-state index contributed by atoms with van der Waals surface area (Å²) >= 11 is 0. The van der Waals surface area contributed by atoms with E-state index in [1.54, 1.807) is 18.2 Å². The Morgan fingerprint density at radius 1 is 1.19 bits per heavy atom. The summed E-state index contributed by atoms with van der Waals surface area (Å²) in [6.07, 6.45) is 2.58. The lowest BCUT2D eigenvalue weighted by atomic mass is 10.2. The molecule has 7 heteroatoms. The van der Waals surface area contributed by atoms with Crippen molar-refractivity contribution in [3.05, 3.63) is 59.8 Å². The number of hydrogen-bond donors (Lipinski definition) is 2. The van der Waals surface area contributed by atoms with Crippen molar-refractivity contribution in [3.63, 3.8) is 0 Å². The highest BCUT2D eigenvalue weighted by Crippen LogP contribution is 2.02. The predicted octanol–water partition coefficient (Wildman–Crippen LogP) is 1.19. The zero-order valence-corrected chi connectivity index (χ0v) is 10.9. The highest BCUT2D eigenvalue weighted by Gasteiger charge is 2.12. The Hall–Kier alpha value is -2.96. The lowest BCUT2D eigenvalue weighted by Crippen LogP contribution is -2.37. The Morgan fingerprint density at radius 2 is 2.00 bits per heavy atom.